The second kappa shape index (κ2) is 4.96. The molecule has 2 unspecified atom stereocenters. The second-order valence-corrected chi connectivity index (χ2v) is 6.58. The van der Waals surface area contributed by atoms with Crippen molar-refractivity contribution in [3.63, 3.8) is 0 Å². The zero-order valence-corrected chi connectivity index (χ0v) is 12.6. The van der Waals surface area contributed by atoms with Gasteiger partial charge in [-0.05, 0) is 23.2 Å². The number of aliphatic imine (C=N–C) groups is 1. The Labute approximate surface area is 107 Å². The van der Waals surface area contributed by atoms with Crippen LogP contribution in [0, 0.1) is 28.6 Å². The highest BCUT2D eigenvalue weighted by Crippen LogP contribution is 2.58. The molecule has 0 aromatic heterocycles. The molecule has 0 amide bonds. The van der Waals surface area contributed by atoms with E-state index in [1.165, 1.54) is 6.42 Å². The summed E-state index contributed by atoms with van der Waals surface area (Å²) in [6, 6.07) is 0. The van der Waals surface area contributed by atoms with Crippen LogP contribution in [-0.4, -0.2) is 13.3 Å². The first-order valence-electron chi connectivity index (χ1n) is 6.91. The fourth-order valence-corrected chi connectivity index (χ4v) is 3.32. The summed E-state index contributed by atoms with van der Waals surface area (Å²) in [7, 11) is 1.85. The lowest BCUT2D eigenvalue weighted by Crippen LogP contribution is -2.51. The predicted molar refractivity (Wildman–Crippen MR) is 77.6 cm³/mol. The van der Waals surface area contributed by atoms with Crippen molar-refractivity contribution in [2.24, 2.45) is 33.6 Å². The largest absolute Gasteiger partial charge is 0.300 e. The molecule has 0 bridgehead atoms. The molecule has 1 aliphatic carbocycles. The van der Waals surface area contributed by atoms with Crippen molar-refractivity contribution in [1.29, 1.82) is 0 Å². The number of nitrogens with zero attached hydrogens (tertiary/aromatic N) is 1. The van der Waals surface area contributed by atoms with Crippen LogP contribution in [-0.2, 0) is 0 Å². The lowest BCUT2D eigenvalue weighted by molar-refractivity contribution is -0.0677. The van der Waals surface area contributed by atoms with E-state index in [1.54, 1.807) is 0 Å². The Morgan fingerprint density at radius 1 is 1.24 bits per heavy atom. The highest BCUT2D eigenvalue weighted by molar-refractivity contribution is 5.67. The van der Waals surface area contributed by atoms with Gasteiger partial charge in [-0.3, -0.25) is 4.99 Å². The fraction of sp³-hybridized carbons (Fsp3) is 0.812. The number of allylic oxidation sites excluding steroid dienone is 2. The van der Waals surface area contributed by atoms with Gasteiger partial charge in [0.1, 0.15) is 0 Å². The Hall–Kier alpha value is -0.590. The SMILES string of the molecule is CCC1(C)C(C)C(/C=C\C(C)(C)C=NC)C1C. The highest BCUT2D eigenvalue weighted by atomic mass is 14.6. The molecular weight excluding hydrogens is 206 g/mol. The van der Waals surface area contributed by atoms with E-state index < -0.39 is 0 Å². The van der Waals surface area contributed by atoms with Gasteiger partial charge < -0.3 is 0 Å². The van der Waals surface area contributed by atoms with Crippen molar-refractivity contribution in [2.45, 2.75) is 48.0 Å². The van der Waals surface area contributed by atoms with Crippen LogP contribution in [0.4, 0.5) is 0 Å². The summed E-state index contributed by atoms with van der Waals surface area (Å²) in [6.45, 7) is 14.0. The summed E-state index contributed by atoms with van der Waals surface area (Å²) >= 11 is 0. The second-order valence-electron chi connectivity index (χ2n) is 6.58. The maximum Gasteiger partial charge on any atom is 0.0273 e. The summed E-state index contributed by atoms with van der Waals surface area (Å²) in [5, 5.41) is 0. The van der Waals surface area contributed by atoms with Crippen molar-refractivity contribution in [3.05, 3.63) is 12.2 Å². The Balaban J connectivity index is 2.70. The van der Waals surface area contributed by atoms with E-state index in [1.807, 2.05) is 13.3 Å². The number of hydrogen-bond donors (Lipinski definition) is 0. The number of rotatable bonds is 4. The molecule has 0 aliphatic heterocycles. The molecule has 0 radical (unpaired) electrons. The molecule has 1 fully saturated rings. The van der Waals surface area contributed by atoms with Crippen LogP contribution < -0.4 is 0 Å². The molecule has 0 spiro atoms. The zero-order chi connectivity index (χ0) is 13.3. The topological polar surface area (TPSA) is 12.4 Å². The molecule has 1 heteroatoms. The van der Waals surface area contributed by atoms with Crippen LogP contribution in [0.1, 0.15) is 48.0 Å². The average Bonchev–Trinajstić information content (AvgIpc) is 2.27. The van der Waals surface area contributed by atoms with Crippen molar-refractivity contribution in [3.8, 4) is 0 Å². The average molecular weight is 235 g/mol. The van der Waals surface area contributed by atoms with Crippen LogP contribution in [0.3, 0.4) is 0 Å². The molecule has 0 saturated heterocycles. The minimum atomic E-state index is 0.0897. The van der Waals surface area contributed by atoms with E-state index in [9.17, 15) is 0 Å². The van der Waals surface area contributed by atoms with Gasteiger partial charge in [0.25, 0.3) is 0 Å². The Bertz CT molecular complexity index is 301. The van der Waals surface area contributed by atoms with Crippen LogP contribution in [0.2, 0.25) is 0 Å². The lowest BCUT2D eigenvalue weighted by atomic mass is 9.47. The van der Waals surface area contributed by atoms with Crippen molar-refractivity contribution in [1.82, 2.24) is 0 Å². The summed E-state index contributed by atoms with van der Waals surface area (Å²) in [4.78, 5) is 4.14. The van der Waals surface area contributed by atoms with Gasteiger partial charge in [-0.25, -0.2) is 0 Å². The smallest absolute Gasteiger partial charge is 0.0273 e. The van der Waals surface area contributed by atoms with E-state index in [4.69, 9.17) is 0 Å². The molecule has 1 nitrogen and oxygen atoms in total. The van der Waals surface area contributed by atoms with Crippen LogP contribution in [0.5, 0.6) is 0 Å². The molecule has 1 rings (SSSR count). The van der Waals surface area contributed by atoms with E-state index in [-0.39, 0.29) is 5.41 Å². The van der Waals surface area contributed by atoms with Gasteiger partial charge >= 0.3 is 0 Å². The summed E-state index contributed by atoms with van der Waals surface area (Å²) in [6.07, 6.45) is 8.07. The first-order chi connectivity index (χ1) is 7.78. The molecular formula is C16H29N. The molecule has 1 saturated carbocycles. The maximum absolute atomic E-state index is 4.14. The van der Waals surface area contributed by atoms with Crippen molar-refractivity contribution < 1.29 is 0 Å². The van der Waals surface area contributed by atoms with Gasteiger partial charge in [-0.1, -0.05) is 60.1 Å². The van der Waals surface area contributed by atoms with E-state index in [0.29, 0.717) is 5.41 Å². The minimum Gasteiger partial charge on any atom is -0.300 e. The Morgan fingerprint density at radius 2 is 1.76 bits per heavy atom. The molecule has 17 heavy (non-hydrogen) atoms. The Kier molecular flexibility index (Phi) is 4.22. The van der Waals surface area contributed by atoms with Gasteiger partial charge in [0.2, 0.25) is 0 Å². The van der Waals surface area contributed by atoms with Crippen molar-refractivity contribution in [2.75, 3.05) is 7.05 Å². The van der Waals surface area contributed by atoms with Gasteiger partial charge in [0.05, 0.1) is 0 Å². The molecule has 0 aromatic rings. The summed E-state index contributed by atoms with van der Waals surface area (Å²) in [5.41, 5.74) is 0.629. The quantitative estimate of drug-likeness (QED) is 0.499. The maximum atomic E-state index is 4.14. The van der Waals surface area contributed by atoms with Gasteiger partial charge in [0, 0.05) is 18.7 Å². The summed E-state index contributed by atoms with van der Waals surface area (Å²) in [5.74, 6) is 2.34. The Morgan fingerprint density at radius 3 is 2.18 bits per heavy atom. The van der Waals surface area contributed by atoms with Gasteiger partial charge in [-0.15, -0.1) is 0 Å². The third kappa shape index (κ3) is 2.64. The predicted octanol–water partition coefficient (Wildman–Crippen LogP) is 4.59. The molecule has 1 aliphatic rings. The van der Waals surface area contributed by atoms with Gasteiger partial charge in [0.15, 0.2) is 0 Å². The monoisotopic (exact) mass is 235 g/mol. The third-order valence-corrected chi connectivity index (χ3v) is 5.21. The first-order valence-corrected chi connectivity index (χ1v) is 6.91. The van der Waals surface area contributed by atoms with Crippen LogP contribution in [0.25, 0.3) is 0 Å². The van der Waals surface area contributed by atoms with Crippen LogP contribution >= 0.6 is 0 Å². The van der Waals surface area contributed by atoms with Gasteiger partial charge in [-0.2, -0.15) is 0 Å². The zero-order valence-electron chi connectivity index (χ0n) is 12.6. The molecule has 0 N–H and O–H groups in total. The molecule has 0 heterocycles. The molecule has 0 aromatic carbocycles. The standard InChI is InChI=1S/C16H29N/c1-8-16(6)12(2)14(13(16)3)9-10-15(4,5)11-17-7/h9-14H,8H2,1-7H3/b10-9-,17-11?. The van der Waals surface area contributed by atoms with E-state index in [2.05, 4.69) is 58.7 Å². The summed E-state index contributed by atoms with van der Waals surface area (Å²) < 4.78 is 0. The highest BCUT2D eigenvalue weighted by Gasteiger charge is 2.51. The minimum absolute atomic E-state index is 0.0897. The normalized spacial score (nSPS) is 38.9. The lowest BCUT2D eigenvalue weighted by Gasteiger charge is -2.57. The van der Waals surface area contributed by atoms with Crippen molar-refractivity contribution >= 4 is 6.21 Å². The number of hydrogen-bond acceptors (Lipinski definition) is 1. The van der Waals surface area contributed by atoms with E-state index in [0.717, 1.165) is 17.8 Å². The first kappa shape index (κ1) is 14.5. The third-order valence-electron chi connectivity index (χ3n) is 5.21. The fourth-order valence-electron chi connectivity index (χ4n) is 3.32. The molecule has 98 valence electrons. The van der Waals surface area contributed by atoms with E-state index >= 15 is 0 Å². The molecule has 2 atom stereocenters. The van der Waals surface area contributed by atoms with Crippen LogP contribution in [0.15, 0.2) is 17.1 Å².